The first-order chi connectivity index (χ1) is 18.6. The highest BCUT2D eigenvalue weighted by Crippen LogP contribution is 2.19. The quantitative estimate of drug-likeness (QED) is 0.134. The molecular formula is C26H35N7O6. The van der Waals surface area contributed by atoms with Gasteiger partial charge in [-0.15, -0.1) is 0 Å². The van der Waals surface area contributed by atoms with Gasteiger partial charge in [0, 0.05) is 41.8 Å². The van der Waals surface area contributed by atoms with E-state index in [1.165, 1.54) is 12.5 Å². The molecule has 39 heavy (non-hydrogen) atoms. The fraction of sp³-hybridized carbons (Fsp3) is 0.423. The van der Waals surface area contributed by atoms with Crippen molar-refractivity contribution in [2.75, 3.05) is 6.61 Å². The summed E-state index contributed by atoms with van der Waals surface area (Å²) < 4.78 is 0. The van der Waals surface area contributed by atoms with E-state index in [4.69, 9.17) is 5.73 Å². The first-order valence-electron chi connectivity index (χ1n) is 12.7. The van der Waals surface area contributed by atoms with Gasteiger partial charge in [-0.3, -0.25) is 14.4 Å². The molecule has 1 aromatic carbocycles. The van der Waals surface area contributed by atoms with Gasteiger partial charge in [-0.05, 0) is 17.5 Å². The number of hydrogen-bond acceptors (Lipinski definition) is 7. The number of carboxylic acids is 1. The smallest absolute Gasteiger partial charge is 0.326 e. The number of fused-ring (bicyclic) bond motifs is 1. The number of rotatable bonds is 14. The maximum absolute atomic E-state index is 13.4. The summed E-state index contributed by atoms with van der Waals surface area (Å²) in [5.41, 5.74) is 8.15. The van der Waals surface area contributed by atoms with E-state index in [2.05, 4.69) is 30.9 Å². The molecule has 0 aliphatic heterocycles. The molecule has 0 saturated carbocycles. The molecule has 210 valence electrons. The van der Waals surface area contributed by atoms with E-state index in [-0.39, 0.29) is 18.8 Å². The van der Waals surface area contributed by atoms with Crippen molar-refractivity contribution in [3.63, 3.8) is 0 Å². The van der Waals surface area contributed by atoms with E-state index in [9.17, 15) is 29.4 Å². The molecule has 9 N–H and O–H groups in total. The molecule has 5 unspecified atom stereocenters. The minimum Gasteiger partial charge on any atom is -0.480 e. The van der Waals surface area contributed by atoms with Crippen LogP contribution in [0.15, 0.2) is 43.0 Å². The molecule has 2 aromatic heterocycles. The summed E-state index contributed by atoms with van der Waals surface area (Å²) in [5, 5.41) is 27.7. The Morgan fingerprint density at radius 2 is 1.64 bits per heavy atom. The Hall–Kier alpha value is -4.23. The van der Waals surface area contributed by atoms with Crippen LogP contribution in [0.5, 0.6) is 0 Å². The fourth-order valence-electron chi connectivity index (χ4n) is 4.07. The predicted octanol–water partition coefficient (Wildman–Crippen LogP) is -0.419. The van der Waals surface area contributed by atoms with Crippen molar-refractivity contribution < 1.29 is 29.4 Å². The summed E-state index contributed by atoms with van der Waals surface area (Å²) in [5.74, 6) is -3.60. The van der Waals surface area contributed by atoms with Crippen LogP contribution in [0.2, 0.25) is 0 Å². The maximum Gasteiger partial charge on any atom is 0.326 e. The van der Waals surface area contributed by atoms with Gasteiger partial charge < -0.3 is 41.9 Å². The molecule has 5 atom stereocenters. The minimum atomic E-state index is -1.47. The van der Waals surface area contributed by atoms with Gasteiger partial charge in [0.2, 0.25) is 17.7 Å². The van der Waals surface area contributed by atoms with Gasteiger partial charge in [-0.1, -0.05) is 38.5 Å². The maximum atomic E-state index is 13.4. The fourth-order valence-corrected chi connectivity index (χ4v) is 4.07. The van der Waals surface area contributed by atoms with Crippen molar-refractivity contribution >= 4 is 34.6 Å². The highest BCUT2D eigenvalue weighted by atomic mass is 16.4. The van der Waals surface area contributed by atoms with Crippen molar-refractivity contribution in [2.45, 2.75) is 57.3 Å². The van der Waals surface area contributed by atoms with Gasteiger partial charge in [0.05, 0.1) is 19.0 Å². The molecule has 0 aliphatic rings. The number of carboxylic acid groups (broad SMARTS) is 1. The Kier molecular flexibility index (Phi) is 10.2. The third kappa shape index (κ3) is 7.65. The molecule has 3 aromatic rings. The van der Waals surface area contributed by atoms with E-state index in [0.29, 0.717) is 12.1 Å². The second-order valence-corrected chi connectivity index (χ2v) is 9.46. The van der Waals surface area contributed by atoms with Crippen LogP contribution >= 0.6 is 0 Å². The SMILES string of the molecule is CCC(C)C(N)C(=O)NC(Cc1c[nH]c2ccccc12)C(=O)NC(CO)C(=O)NC(Cc1cnc[nH]1)C(=O)O. The summed E-state index contributed by atoms with van der Waals surface area (Å²) in [4.78, 5) is 60.5. The van der Waals surface area contributed by atoms with Crippen LogP contribution in [0.25, 0.3) is 10.9 Å². The lowest BCUT2D eigenvalue weighted by Gasteiger charge is -2.25. The lowest BCUT2D eigenvalue weighted by atomic mass is 9.98. The number of carbonyl (C=O) groups excluding carboxylic acids is 3. The second-order valence-electron chi connectivity index (χ2n) is 9.46. The van der Waals surface area contributed by atoms with Gasteiger partial charge in [-0.2, -0.15) is 0 Å². The number of para-hydroxylation sites is 1. The number of amides is 3. The number of aliphatic carboxylic acids is 1. The van der Waals surface area contributed by atoms with Crippen LogP contribution in [0, 0.1) is 5.92 Å². The predicted molar refractivity (Wildman–Crippen MR) is 142 cm³/mol. The molecule has 0 aliphatic carbocycles. The van der Waals surface area contributed by atoms with Gasteiger partial charge in [0.1, 0.15) is 18.1 Å². The molecule has 3 rings (SSSR count). The standard InChI is InChI=1S/C26H35N7O6/c1-3-14(2)22(27)25(37)31-19(8-15-10-29-18-7-5-4-6-17(15)18)23(35)33-21(12-34)24(36)32-20(26(38)39)9-16-11-28-13-30-16/h4-7,10-11,13-14,19-22,29,34H,3,8-9,12,27H2,1-2H3,(H,28,30)(H,31,37)(H,32,36)(H,33,35)(H,38,39). The number of aliphatic hydroxyl groups excluding tert-OH is 1. The van der Waals surface area contributed by atoms with Crippen molar-refractivity contribution in [1.82, 2.24) is 30.9 Å². The van der Waals surface area contributed by atoms with Crippen LogP contribution < -0.4 is 21.7 Å². The number of H-pyrrole nitrogens is 2. The second kappa shape index (κ2) is 13.5. The number of aromatic nitrogens is 3. The molecule has 13 nitrogen and oxygen atoms in total. The molecule has 13 heteroatoms. The molecule has 0 saturated heterocycles. The summed E-state index contributed by atoms with van der Waals surface area (Å²) >= 11 is 0. The number of nitrogens with zero attached hydrogens (tertiary/aromatic N) is 1. The normalized spacial score (nSPS) is 15.1. The van der Waals surface area contributed by atoms with Gasteiger partial charge >= 0.3 is 5.97 Å². The zero-order chi connectivity index (χ0) is 28.5. The van der Waals surface area contributed by atoms with Crippen molar-refractivity contribution in [2.24, 2.45) is 11.7 Å². The Balaban J connectivity index is 1.77. The number of imidazole rings is 1. The third-order valence-electron chi connectivity index (χ3n) is 6.70. The van der Waals surface area contributed by atoms with Gasteiger partial charge in [-0.25, -0.2) is 9.78 Å². The number of benzene rings is 1. The summed E-state index contributed by atoms with van der Waals surface area (Å²) in [6.07, 6.45) is 5.18. The molecular weight excluding hydrogens is 506 g/mol. The van der Waals surface area contributed by atoms with Crippen LogP contribution in [0.4, 0.5) is 0 Å². The summed E-state index contributed by atoms with van der Waals surface area (Å²) in [6.45, 7) is 2.93. The van der Waals surface area contributed by atoms with Gasteiger partial charge in [0.15, 0.2) is 0 Å². The lowest BCUT2D eigenvalue weighted by molar-refractivity contribution is -0.142. The van der Waals surface area contributed by atoms with E-state index in [1.54, 1.807) is 6.20 Å². The summed E-state index contributed by atoms with van der Waals surface area (Å²) in [6, 6.07) is 2.67. The largest absolute Gasteiger partial charge is 0.480 e. The number of carbonyl (C=O) groups is 4. The number of aromatic amines is 2. The minimum absolute atomic E-state index is 0.0756. The molecule has 0 spiro atoms. The topological polar surface area (TPSA) is 215 Å². The number of aliphatic hydroxyl groups is 1. The number of hydrogen-bond donors (Lipinski definition) is 8. The Morgan fingerprint density at radius 3 is 2.28 bits per heavy atom. The summed E-state index contributed by atoms with van der Waals surface area (Å²) in [7, 11) is 0. The van der Waals surface area contributed by atoms with Crippen molar-refractivity contribution in [1.29, 1.82) is 0 Å². The molecule has 0 bridgehead atoms. The molecule has 3 amide bonds. The monoisotopic (exact) mass is 541 g/mol. The van der Waals surface area contributed by atoms with E-state index >= 15 is 0 Å². The first kappa shape index (κ1) is 29.3. The number of nitrogens with two attached hydrogens (primary N) is 1. The zero-order valence-corrected chi connectivity index (χ0v) is 21.8. The zero-order valence-electron chi connectivity index (χ0n) is 21.8. The van der Waals surface area contributed by atoms with E-state index < -0.39 is 54.5 Å². The molecule has 0 radical (unpaired) electrons. The Labute approximate surface area is 225 Å². The lowest BCUT2D eigenvalue weighted by Crippen LogP contribution is -2.59. The highest BCUT2D eigenvalue weighted by molar-refractivity contribution is 5.95. The van der Waals surface area contributed by atoms with Crippen LogP contribution in [0.3, 0.4) is 0 Å². The number of nitrogens with one attached hydrogen (secondary N) is 5. The molecule has 0 fully saturated rings. The third-order valence-corrected chi connectivity index (χ3v) is 6.70. The van der Waals surface area contributed by atoms with E-state index in [0.717, 1.165) is 16.5 Å². The van der Waals surface area contributed by atoms with Gasteiger partial charge in [0.25, 0.3) is 0 Å². The Morgan fingerprint density at radius 1 is 0.974 bits per heavy atom. The average molecular weight is 542 g/mol. The average Bonchev–Trinajstić information content (AvgIpc) is 3.59. The van der Waals surface area contributed by atoms with E-state index in [1.807, 2.05) is 38.1 Å². The van der Waals surface area contributed by atoms with Crippen molar-refractivity contribution in [3.05, 3.63) is 54.2 Å². The molecule has 2 heterocycles. The van der Waals surface area contributed by atoms with Crippen molar-refractivity contribution in [3.8, 4) is 0 Å². The Bertz CT molecular complexity index is 1270. The van der Waals surface area contributed by atoms with Crippen LogP contribution in [0.1, 0.15) is 31.5 Å². The highest BCUT2D eigenvalue weighted by Gasteiger charge is 2.31. The van der Waals surface area contributed by atoms with Crippen LogP contribution in [-0.2, 0) is 32.0 Å². The first-order valence-corrected chi connectivity index (χ1v) is 12.7. The van der Waals surface area contributed by atoms with Crippen LogP contribution in [-0.4, -0.2) is 79.6 Å².